The Balaban J connectivity index is 1.99. The summed E-state index contributed by atoms with van der Waals surface area (Å²) in [5, 5.41) is 0. The first-order valence-electron chi connectivity index (χ1n) is 6.81. The molecule has 0 bridgehead atoms. The number of hydrogen-bond acceptors (Lipinski definition) is 2. The maximum absolute atomic E-state index is 5.79. The van der Waals surface area contributed by atoms with Crippen molar-refractivity contribution in [1.29, 1.82) is 0 Å². The summed E-state index contributed by atoms with van der Waals surface area (Å²) in [6.45, 7) is 3.09. The van der Waals surface area contributed by atoms with E-state index in [4.69, 9.17) is 10.5 Å². The lowest BCUT2D eigenvalue weighted by atomic mass is 10.1. The van der Waals surface area contributed by atoms with Crippen molar-refractivity contribution in [2.75, 3.05) is 6.54 Å². The summed E-state index contributed by atoms with van der Waals surface area (Å²) >= 11 is 0. The summed E-state index contributed by atoms with van der Waals surface area (Å²) in [5.74, 6) is 6.67. The van der Waals surface area contributed by atoms with Crippen molar-refractivity contribution in [2.24, 2.45) is 5.73 Å². The molecule has 20 heavy (non-hydrogen) atoms. The lowest BCUT2D eigenvalue weighted by Crippen LogP contribution is -1.96. The van der Waals surface area contributed by atoms with Crippen LogP contribution in [0.3, 0.4) is 0 Å². The number of hydrogen-bond donors (Lipinski definition) is 1. The Kier molecular flexibility index (Phi) is 5.23. The van der Waals surface area contributed by atoms with E-state index in [1.54, 1.807) is 0 Å². The van der Waals surface area contributed by atoms with Crippen LogP contribution in [0, 0.1) is 11.8 Å². The number of nitrogens with two attached hydrogens (primary N) is 1. The summed E-state index contributed by atoms with van der Waals surface area (Å²) in [7, 11) is 0. The minimum absolute atomic E-state index is 0.370. The third-order valence-electron chi connectivity index (χ3n) is 3.01. The van der Waals surface area contributed by atoms with Crippen molar-refractivity contribution in [2.45, 2.75) is 20.0 Å². The van der Waals surface area contributed by atoms with Crippen LogP contribution in [0.2, 0.25) is 0 Å². The molecule has 2 rings (SSSR count). The van der Waals surface area contributed by atoms with Gasteiger partial charge in [-0.15, -0.1) is 0 Å². The van der Waals surface area contributed by atoms with Crippen molar-refractivity contribution in [3.63, 3.8) is 0 Å². The lowest BCUT2D eigenvalue weighted by molar-refractivity contribution is 0.306. The highest BCUT2D eigenvalue weighted by Crippen LogP contribution is 2.15. The predicted octanol–water partition coefficient (Wildman–Crippen LogP) is 3.14. The van der Waals surface area contributed by atoms with Gasteiger partial charge in [0.25, 0.3) is 0 Å². The SMILES string of the molecule is CCc1ccc(COc2cccc(C#CCN)c2)cc1. The fourth-order valence-corrected chi connectivity index (χ4v) is 1.85. The third kappa shape index (κ3) is 4.15. The van der Waals surface area contributed by atoms with Gasteiger partial charge in [0.15, 0.2) is 0 Å². The van der Waals surface area contributed by atoms with Crippen LogP contribution < -0.4 is 10.5 Å². The van der Waals surface area contributed by atoms with Gasteiger partial charge in [0.1, 0.15) is 12.4 Å². The summed E-state index contributed by atoms with van der Waals surface area (Å²) in [6.07, 6.45) is 1.06. The van der Waals surface area contributed by atoms with E-state index in [2.05, 4.69) is 43.0 Å². The monoisotopic (exact) mass is 265 g/mol. The van der Waals surface area contributed by atoms with E-state index in [-0.39, 0.29) is 0 Å². The molecule has 0 heterocycles. The van der Waals surface area contributed by atoms with Crippen LogP contribution in [0.5, 0.6) is 5.75 Å². The fraction of sp³-hybridized carbons (Fsp3) is 0.222. The largest absolute Gasteiger partial charge is 0.489 e. The average molecular weight is 265 g/mol. The second-order valence-corrected chi connectivity index (χ2v) is 4.49. The zero-order valence-corrected chi connectivity index (χ0v) is 11.7. The number of aryl methyl sites for hydroxylation is 1. The van der Waals surface area contributed by atoms with Gasteiger partial charge in [-0.05, 0) is 35.7 Å². The van der Waals surface area contributed by atoms with Crippen LogP contribution >= 0.6 is 0 Å². The number of benzene rings is 2. The maximum atomic E-state index is 5.79. The van der Waals surface area contributed by atoms with Gasteiger partial charge in [-0.2, -0.15) is 0 Å². The van der Waals surface area contributed by atoms with Crippen molar-refractivity contribution < 1.29 is 4.74 Å². The summed E-state index contributed by atoms with van der Waals surface area (Å²) in [5.41, 5.74) is 8.80. The van der Waals surface area contributed by atoms with E-state index < -0.39 is 0 Å². The Labute approximate surface area is 120 Å². The first kappa shape index (κ1) is 14.2. The van der Waals surface area contributed by atoms with Crippen LogP contribution in [-0.4, -0.2) is 6.54 Å². The normalized spacial score (nSPS) is 9.70. The highest BCUT2D eigenvalue weighted by molar-refractivity contribution is 5.40. The van der Waals surface area contributed by atoms with E-state index >= 15 is 0 Å². The zero-order valence-electron chi connectivity index (χ0n) is 11.7. The fourth-order valence-electron chi connectivity index (χ4n) is 1.85. The lowest BCUT2D eigenvalue weighted by Gasteiger charge is -2.07. The zero-order chi connectivity index (χ0) is 14.2. The summed E-state index contributed by atoms with van der Waals surface area (Å²) in [6, 6.07) is 16.3. The van der Waals surface area contributed by atoms with Crippen LogP contribution in [0.15, 0.2) is 48.5 Å². The van der Waals surface area contributed by atoms with Crippen molar-refractivity contribution in [3.05, 3.63) is 65.2 Å². The van der Waals surface area contributed by atoms with Crippen molar-refractivity contribution in [3.8, 4) is 17.6 Å². The van der Waals surface area contributed by atoms with Gasteiger partial charge in [-0.3, -0.25) is 0 Å². The van der Waals surface area contributed by atoms with E-state index in [9.17, 15) is 0 Å². The van der Waals surface area contributed by atoms with Gasteiger partial charge >= 0.3 is 0 Å². The van der Waals surface area contributed by atoms with Gasteiger partial charge in [0, 0.05) is 5.56 Å². The molecule has 0 saturated carbocycles. The molecule has 102 valence electrons. The van der Waals surface area contributed by atoms with Gasteiger partial charge < -0.3 is 10.5 Å². The first-order valence-corrected chi connectivity index (χ1v) is 6.81. The van der Waals surface area contributed by atoms with Gasteiger partial charge in [0.05, 0.1) is 6.54 Å². The van der Waals surface area contributed by atoms with Crippen LogP contribution in [0.1, 0.15) is 23.6 Å². The van der Waals surface area contributed by atoms with Gasteiger partial charge in [-0.1, -0.05) is 49.1 Å². The number of rotatable bonds is 4. The molecule has 0 aliphatic carbocycles. The number of ether oxygens (including phenoxy) is 1. The molecule has 0 amide bonds. The average Bonchev–Trinajstić information content (AvgIpc) is 2.52. The quantitative estimate of drug-likeness (QED) is 0.862. The van der Waals surface area contributed by atoms with Crippen LogP contribution in [0.4, 0.5) is 0 Å². The highest BCUT2D eigenvalue weighted by Gasteiger charge is 1.97. The molecule has 0 spiro atoms. The van der Waals surface area contributed by atoms with E-state index in [0.717, 1.165) is 17.7 Å². The molecule has 0 aliphatic heterocycles. The minimum Gasteiger partial charge on any atom is -0.489 e. The molecule has 0 aromatic heterocycles. The molecule has 0 saturated heterocycles. The standard InChI is InChI=1S/C18H19NO/c1-2-15-8-10-17(11-9-15)14-20-18-7-3-5-16(13-18)6-4-12-19/h3,5,7-11,13H,2,12,14,19H2,1H3. The van der Waals surface area contributed by atoms with Crippen molar-refractivity contribution >= 4 is 0 Å². The molecule has 0 radical (unpaired) electrons. The van der Waals surface area contributed by atoms with E-state index in [0.29, 0.717) is 13.2 Å². The Morgan fingerprint density at radius 1 is 1.05 bits per heavy atom. The predicted molar refractivity (Wildman–Crippen MR) is 82.5 cm³/mol. The van der Waals surface area contributed by atoms with Crippen LogP contribution in [0.25, 0.3) is 0 Å². The first-order chi connectivity index (χ1) is 9.81. The third-order valence-corrected chi connectivity index (χ3v) is 3.01. The summed E-state index contributed by atoms with van der Waals surface area (Å²) in [4.78, 5) is 0. The maximum Gasteiger partial charge on any atom is 0.121 e. The highest BCUT2D eigenvalue weighted by atomic mass is 16.5. The molecule has 2 aromatic rings. The molecule has 0 unspecified atom stereocenters. The van der Waals surface area contributed by atoms with Gasteiger partial charge in [-0.25, -0.2) is 0 Å². The Bertz CT molecular complexity index is 605. The molecule has 0 aliphatic rings. The molecule has 0 fully saturated rings. The Morgan fingerprint density at radius 2 is 1.80 bits per heavy atom. The van der Waals surface area contributed by atoms with Crippen LogP contribution in [-0.2, 0) is 13.0 Å². The van der Waals surface area contributed by atoms with Crippen molar-refractivity contribution in [1.82, 2.24) is 0 Å². The Morgan fingerprint density at radius 3 is 2.50 bits per heavy atom. The molecule has 2 aromatic carbocycles. The van der Waals surface area contributed by atoms with Gasteiger partial charge in [0.2, 0.25) is 0 Å². The van der Waals surface area contributed by atoms with E-state index in [1.807, 2.05) is 24.3 Å². The molecule has 0 atom stereocenters. The minimum atomic E-state index is 0.370. The smallest absolute Gasteiger partial charge is 0.121 e. The second kappa shape index (κ2) is 7.37. The Hall–Kier alpha value is -2.24. The second-order valence-electron chi connectivity index (χ2n) is 4.49. The molecule has 2 nitrogen and oxygen atoms in total. The molecule has 2 N–H and O–H groups in total. The molecular formula is C18H19NO. The van der Waals surface area contributed by atoms with E-state index in [1.165, 1.54) is 11.1 Å². The molecular weight excluding hydrogens is 246 g/mol. The summed E-state index contributed by atoms with van der Waals surface area (Å²) < 4.78 is 5.79. The molecule has 2 heteroatoms. The topological polar surface area (TPSA) is 35.2 Å².